The number of aromatic nitrogens is 1. The molecule has 0 saturated heterocycles. The van der Waals surface area contributed by atoms with Crippen molar-refractivity contribution in [2.24, 2.45) is 0 Å². The number of thioether (sulfide) groups is 1. The maximum Gasteiger partial charge on any atom is 0.272 e. The number of ether oxygens (including phenoxy) is 2. The fourth-order valence-corrected chi connectivity index (χ4v) is 5.67. The van der Waals surface area contributed by atoms with Crippen LogP contribution in [0.2, 0.25) is 0 Å². The molecule has 0 bridgehead atoms. The average Bonchev–Trinajstić information content (AvgIpc) is 3.45. The first-order valence-corrected chi connectivity index (χ1v) is 15.2. The minimum absolute atomic E-state index is 0.0653. The number of fused-ring (bicyclic) bond motifs is 1. The van der Waals surface area contributed by atoms with Crippen LogP contribution in [0.1, 0.15) is 15.9 Å². The Morgan fingerprint density at radius 3 is 2.34 bits per heavy atom. The summed E-state index contributed by atoms with van der Waals surface area (Å²) in [5.41, 5.74) is 2.48. The Balaban J connectivity index is 1.21. The van der Waals surface area contributed by atoms with E-state index in [4.69, 9.17) is 9.47 Å². The predicted molar refractivity (Wildman–Crippen MR) is 175 cm³/mol. The average molecular weight is 625 g/mol. The summed E-state index contributed by atoms with van der Waals surface area (Å²) in [4.78, 5) is 44.1. The van der Waals surface area contributed by atoms with Crippen LogP contribution < -0.4 is 25.4 Å². The quantitative estimate of drug-likeness (QED) is 0.114. The molecule has 1 heterocycles. The van der Waals surface area contributed by atoms with Gasteiger partial charge >= 0.3 is 0 Å². The number of nitrogens with zero attached hydrogens (tertiary/aromatic N) is 1. The van der Waals surface area contributed by atoms with Crippen molar-refractivity contribution in [3.05, 3.63) is 114 Å². The third kappa shape index (κ3) is 8.03. The second-order valence-electron chi connectivity index (χ2n) is 9.32. The Labute approximate surface area is 262 Å². The van der Waals surface area contributed by atoms with Crippen molar-refractivity contribution in [2.75, 3.05) is 30.6 Å². The molecule has 0 fully saturated rings. The number of methoxy groups -OCH3 is 2. The van der Waals surface area contributed by atoms with Crippen molar-refractivity contribution in [3.63, 3.8) is 0 Å². The molecule has 0 aliphatic carbocycles. The highest BCUT2D eigenvalue weighted by Gasteiger charge is 2.16. The molecule has 0 unspecified atom stereocenters. The van der Waals surface area contributed by atoms with Crippen LogP contribution in [0, 0.1) is 0 Å². The highest BCUT2D eigenvalue weighted by Crippen LogP contribution is 2.29. The van der Waals surface area contributed by atoms with Crippen LogP contribution in [-0.2, 0) is 9.59 Å². The SMILES string of the molecule is COc1cccc(/C=C(\NC(=O)c2ccccc2)C(=O)Nc2ccc(SCC(=O)Nc3nc4ccc(OC)cc4s3)cc2)c1. The summed E-state index contributed by atoms with van der Waals surface area (Å²) in [7, 11) is 3.16. The molecule has 9 nitrogen and oxygen atoms in total. The Morgan fingerprint density at radius 2 is 1.59 bits per heavy atom. The third-order valence-corrected chi connectivity index (χ3v) is 8.20. The summed E-state index contributed by atoms with van der Waals surface area (Å²) >= 11 is 2.74. The molecule has 5 aromatic rings. The molecule has 44 heavy (non-hydrogen) atoms. The second-order valence-corrected chi connectivity index (χ2v) is 11.4. The fraction of sp³-hybridized carbons (Fsp3) is 0.0909. The molecule has 0 aliphatic rings. The van der Waals surface area contributed by atoms with E-state index >= 15 is 0 Å². The van der Waals surface area contributed by atoms with Gasteiger partial charge in [0, 0.05) is 16.1 Å². The maximum atomic E-state index is 13.3. The van der Waals surface area contributed by atoms with E-state index in [1.54, 1.807) is 81.0 Å². The number of amides is 3. The Morgan fingerprint density at radius 1 is 0.841 bits per heavy atom. The number of nitrogens with one attached hydrogen (secondary N) is 3. The van der Waals surface area contributed by atoms with Crippen LogP contribution in [0.5, 0.6) is 11.5 Å². The molecule has 3 N–H and O–H groups in total. The van der Waals surface area contributed by atoms with Crippen LogP contribution in [0.15, 0.2) is 108 Å². The zero-order valence-corrected chi connectivity index (χ0v) is 25.5. The molecule has 0 atom stereocenters. The summed E-state index contributed by atoms with van der Waals surface area (Å²) in [6, 6.07) is 28.5. The van der Waals surface area contributed by atoms with Gasteiger partial charge in [0.2, 0.25) is 5.91 Å². The van der Waals surface area contributed by atoms with Gasteiger partial charge in [-0.3, -0.25) is 14.4 Å². The van der Waals surface area contributed by atoms with Crippen molar-refractivity contribution in [2.45, 2.75) is 4.90 Å². The van der Waals surface area contributed by atoms with E-state index in [9.17, 15) is 14.4 Å². The molecular weight excluding hydrogens is 597 g/mol. The second kappa shape index (κ2) is 14.4. The molecule has 1 aromatic heterocycles. The predicted octanol–water partition coefficient (Wildman–Crippen LogP) is 6.45. The number of anilines is 2. The van der Waals surface area contributed by atoms with E-state index in [0.717, 1.165) is 20.9 Å². The molecule has 0 radical (unpaired) electrons. The Hall–Kier alpha value is -5.13. The highest BCUT2D eigenvalue weighted by atomic mass is 32.2. The zero-order chi connectivity index (χ0) is 30.9. The highest BCUT2D eigenvalue weighted by molar-refractivity contribution is 8.00. The molecule has 4 aromatic carbocycles. The van der Waals surface area contributed by atoms with E-state index in [1.807, 2.05) is 36.4 Å². The summed E-state index contributed by atoms with van der Waals surface area (Å²) in [5.74, 6) is 0.450. The van der Waals surface area contributed by atoms with E-state index in [-0.39, 0.29) is 17.4 Å². The van der Waals surface area contributed by atoms with Gasteiger partial charge in [0.25, 0.3) is 11.8 Å². The zero-order valence-electron chi connectivity index (χ0n) is 23.8. The van der Waals surface area contributed by atoms with Gasteiger partial charge in [-0.1, -0.05) is 41.7 Å². The van der Waals surface area contributed by atoms with Crippen LogP contribution in [0.4, 0.5) is 10.8 Å². The molecule has 0 spiro atoms. The fourth-order valence-electron chi connectivity index (χ4n) is 4.06. The number of rotatable bonds is 11. The third-order valence-electron chi connectivity index (χ3n) is 6.26. The topological polar surface area (TPSA) is 119 Å². The molecule has 5 rings (SSSR count). The largest absolute Gasteiger partial charge is 0.497 e. The van der Waals surface area contributed by atoms with Gasteiger partial charge in [-0.15, -0.1) is 11.8 Å². The van der Waals surface area contributed by atoms with Crippen LogP contribution >= 0.6 is 23.1 Å². The molecular formula is C33H28N4O5S2. The number of benzene rings is 4. The van der Waals surface area contributed by atoms with Gasteiger partial charge in [-0.05, 0) is 78.4 Å². The Bertz CT molecular complexity index is 1820. The van der Waals surface area contributed by atoms with Crippen molar-refractivity contribution < 1.29 is 23.9 Å². The number of carbonyl (C=O) groups is 3. The van der Waals surface area contributed by atoms with Gasteiger partial charge in [-0.25, -0.2) is 4.98 Å². The van der Waals surface area contributed by atoms with Gasteiger partial charge in [0.1, 0.15) is 17.2 Å². The number of carbonyl (C=O) groups excluding carboxylic acids is 3. The summed E-state index contributed by atoms with van der Waals surface area (Å²) in [6.45, 7) is 0. The molecule has 222 valence electrons. The van der Waals surface area contributed by atoms with Crippen LogP contribution in [-0.4, -0.2) is 42.7 Å². The normalized spacial score (nSPS) is 11.1. The first-order chi connectivity index (χ1) is 21.4. The van der Waals surface area contributed by atoms with Gasteiger partial charge in [0.05, 0.1) is 30.2 Å². The molecule has 3 amide bonds. The van der Waals surface area contributed by atoms with Gasteiger partial charge in [0.15, 0.2) is 5.13 Å². The van der Waals surface area contributed by atoms with E-state index in [0.29, 0.717) is 27.7 Å². The van der Waals surface area contributed by atoms with Gasteiger partial charge in [-0.2, -0.15) is 0 Å². The summed E-state index contributed by atoms with van der Waals surface area (Å²) < 4.78 is 11.5. The first-order valence-electron chi connectivity index (χ1n) is 13.4. The number of hydrogen-bond acceptors (Lipinski definition) is 8. The number of thiazole rings is 1. The maximum absolute atomic E-state index is 13.3. The van der Waals surface area contributed by atoms with E-state index in [2.05, 4.69) is 20.9 Å². The van der Waals surface area contributed by atoms with E-state index in [1.165, 1.54) is 23.1 Å². The smallest absolute Gasteiger partial charge is 0.272 e. The van der Waals surface area contributed by atoms with E-state index < -0.39 is 11.8 Å². The van der Waals surface area contributed by atoms with Gasteiger partial charge < -0.3 is 25.4 Å². The minimum atomic E-state index is -0.495. The van der Waals surface area contributed by atoms with Crippen molar-refractivity contribution >= 4 is 67.9 Å². The lowest BCUT2D eigenvalue weighted by Crippen LogP contribution is -2.30. The molecule has 0 aliphatic heterocycles. The summed E-state index contributed by atoms with van der Waals surface area (Å²) in [5, 5.41) is 8.93. The lowest BCUT2D eigenvalue weighted by molar-refractivity contribution is -0.114. The van der Waals surface area contributed by atoms with Crippen LogP contribution in [0.3, 0.4) is 0 Å². The summed E-state index contributed by atoms with van der Waals surface area (Å²) in [6.07, 6.45) is 1.59. The lowest BCUT2D eigenvalue weighted by Gasteiger charge is -2.12. The van der Waals surface area contributed by atoms with Crippen molar-refractivity contribution in [1.29, 1.82) is 0 Å². The standard InChI is InChI=1S/C33H28N4O5S2/c1-41-24-10-6-7-21(17-24)18-28(35-31(39)22-8-4-3-5-9-22)32(40)34-23-11-14-26(15-12-23)43-20-30(38)37-33-36-27-16-13-25(42-2)19-29(27)44-33/h3-19H,20H2,1-2H3,(H,34,40)(H,35,39)(H,36,37,38)/b28-18-. The first kappa shape index (κ1) is 30.3. The molecule has 0 saturated carbocycles. The molecule has 11 heteroatoms. The number of hydrogen-bond donors (Lipinski definition) is 3. The van der Waals surface area contributed by atoms with Crippen molar-refractivity contribution in [1.82, 2.24) is 10.3 Å². The Kier molecular flexibility index (Phi) is 9.90. The van der Waals surface area contributed by atoms with Crippen molar-refractivity contribution in [3.8, 4) is 11.5 Å². The van der Waals surface area contributed by atoms with Crippen LogP contribution in [0.25, 0.3) is 16.3 Å². The monoisotopic (exact) mass is 624 g/mol. The lowest BCUT2D eigenvalue weighted by atomic mass is 10.1. The minimum Gasteiger partial charge on any atom is -0.497 e.